The van der Waals surface area contributed by atoms with Gasteiger partial charge in [-0.15, -0.1) is 0 Å². The lowest BCUT2D eigenvalue weighted by Crippen LogP contribution is -2.23. The van der Waals surface area contributed by atoms with Gasteiger partial charge in [-0.25, -0.2) is 0 Å². The molecule has 2 nitrogen and oxygen atoms in total. The maximum Gasteiger partial charge on any atom is 0.138 e. The highest BCUT2D eigenvalue weighted by atomic mass is 35.5. The number of ketones is 1. The average molecular weight is 226 g/mol. The number of halogens is 1. The fraction of sp³-hybridized carbons (Fsp3) is 0.417. The van der Waals surface area contributed by atoms with E-state index in [2.05, 4.69) is 0 Å². The van der Waals surface area contributed by atoms with Crippen molar-refractivity contribution in [3.05, 3.63) is 34.9 Å². The van der Waals surface area contributed by atoms with Gasteiger partial charge in [0.15, 0.2) is 0 Å². The summed E-state index contributed by atoms with van der Waals surface area (Å²) < 4.78 is 0. The Labute approximate surface area is 95.4 Å². The van der Waals surface area contributed by atoms with Crippen molar-refractivity contribution in [1.29, 1.82) is 0 Å². The summed E-state index contributed by atoms with van der Waals surface area (Å²) >= 11 is 5.83. The highest BCUT2D eigenvalue weighted by Crippen LogP contribution is 2.12. The molecule has 0 spiro atoms. The Bertz CT molecular complexity index is 338. The van der Waals surface area contributed by atoms with Crippen molar-refractivity contribution < 1.29 is 4.79 Å². The number of carbonyl (C=O) groups excluding carboxylic acids is 1. The number of carbonyl (C=O) groups is 1. The Balaban J connectivity index is 2.51. The van der Waals surface area contributed by atoms with Crippen molar-refractivity contribution in [1.82, 2.24) is 0 Å². The lowest BCUT2D eigenvalue weighted by Gasteiger charge is -2.07. The molecule has 1 rings (SSSR count). The molecule has 1 unspecified atom stereocenters. The second-order valence-electron chi connectivity index (χ2n) is 3.72. The van der Waals surface area contributed by atoms with E-state index in [-0.39, 0.29) is 11.8 Å². The summed E-state index contributed by atoms with van der Waals surface area (Å²) in [5, 5.41) is 0.667. The van der Waals surface area contributed by atoms with Crippen LogP contribution in [0.4, 0.5) is 0 Å². The molecule has 0 radical (unpaired) electrons. The first-order chi connectivity index (χ1) is 7.11. The van der Waals surface area contributed by atoms with Crippen LogP contribution in [0.15, 0.2) is 24.3 Å². The summed E-state index contributed by atoms with van der Waals surface area (Å²) in [4.78, 5) is 11.6. The molecule has 0 aliphatic heterocycles. The lowest BCUT2D eigenvalue weighted by molar-refractivity contribution is -0.118. The predicted molar refractivity (Wildman–Crippen MR) is 63.0 cm³/mol. The maximum atomic E-state index is 11.6. The van der Waals surface area contributed by atoms with Crippen molar-refractivity contribution in [2.45, 2.75) is 32.2 Å². The van der Waals surface area contributed by atoms with Crippen molar-refractivity contribution in [2.75, 3.05) is 0 Å². The molecule has 1 aromatic carbocycles. The van der Waals surface area contributed by atoms with Gasteiger partial charge in [-0.2, -0.15) is 0 Å². The third-order valence-electron chi connectivity index (χ3n) is 2.30. The van der Waals surface area contributed by atoms with Crippen LogP contribution < -0.4 is 5.73 Å². The van der Waals surface area contributed by atoms with Crippen molar-refractivity contribution in [2.24, 2.45) is 5.73 Å². The topological polar surface area (TPSA) is 43.1 Å². The van der Waals surface area contributed by atoms with E-state index in [1.54, 1.807) is 6.07 Å². The average Bonchev–Trinajstić information content (AvgIpc) is 2.17. The Morgan fingerprint density at radius 1 is 1.53 bits per heavy atom. The summed E-state index contributed by atoms with van der Waals surface area (Å²) in [6.07, 6.45) is 1.71. The zero-order valence-corrected chi connectivity index (χ0v) is 9.63. The summed E-state index contributed by atoms with van der Waals surface area (Å²) in [7, 11) is 0. The van der Waals surface area contributed by atoms with Crippen LogP contribution in [-0.4, -0.2) is 11.8 Å². The highest BCUT2D eigenvalue weighted by Gasteiger charge is 2.08. The number of rotatable bonds is 5. The molecule has 1 atom stereocenters. The third kappa shape index (κ3) is 4.45. The summed E-state index contributed by atoms with van der Waals surface area (Å²) in [5.74, 6) is 0.173. The van der Waals surface area contributed by atoms with Gasteiger partial charge in [0.05, 0.1) is 0 Å². The van der Waals surface area contributed by atoms with Crippen LogP contribution in [0.3, 0.4) is 0 Å². The smallest absolute Gasteiger partial charge is 0.138 e. The Morgan fingerprint density at radius 2 is 2.27 bits per heavy atom. The number of benzene rings is 1. The molecular formula is C12H16ClNO. The number of hydrogen-bond donors (Lipinski definition) is 1. The van der Waals surface area contributed by atoms with Gasteiger partial charge in [0.25, 0.3) is 0 Å². The molecular weight excluding hydrogens is 210 g/mol. The minimum atomic E-state index is -0.0170. The van der Waals surface area contributed by atoms with Gasteiger partial charge in [-0.05, 0) is 24.1 Å². The second-order valence-corrected chi connectivity index (χ2v) is 4.15. The summed E-state index contributed by atoms with van der Waals surface area (Å²) in [6.45, 7) is 1.98. The van der Waals surface area contributed by atoms with E-state index in [0.29, 0.717) is 17.9 Å². The minimum Gasteiger partial charge on any atom is -0.327 e. The Hall–Kier alpha value is -0.860. The SMILES string of the molecule is CCC(N)CC(=O)Cc1cccc(Cl)c1. The quantitative estimate of drug-likeness (QED) is 0.837. The first kappa shape index (κ1) is 12.2. The molecule has 0 heterocycles. The van der Waals surface area contributed by atoms with E-state index >= 15 is 0 Å². The van der Waals surface area contributed by atoms with Gasteiger partial charge in [-0.3, -0.25) is 4.79 Å². The Kier molecular flexibility index (Phi) is 4.79. The molecule has 2 N–H and O–H groups in total. The first-order valence-electron chi connectivity index (χ1n) is 5.13. The van der Waals surface area contributed by atoms with Crippen LogP contribution in [0.2, 0.25) is 5.02 Å². The number of hydrogen-bond acceptors (Lipinski definition) is 2. The second kappa shape index (κ2) is 5.89. The fourth-order valence-electron chi connectivity index (χ4n) is 1.38. The molecule has 0 aliphatic carbocycles. The minimum absolute atomic E-state index is 0.0170. The fourth-order valence-corrected chi connectivity index (χ4v) is 1.60. The Morgan fingerprint density at radius 3 is 2.87 bits per heavy atom. The van der Waals surface area contributed by atoms with Crippen LogP contribution in [0, 0.1) is 0 Å². The van der Waals surface area contributed by atoms with E-state index in [1.807, 2.05) is 25.1 Å². The van der Waals surface area contributed by atoms with Crippen LogP contribution in [0.1, 0.15) is 25.3 Å². The van der Waals surface area contributed by atoms with Gasteiger partial charge in [-0.1, -0.05) is 30.7 Å². The van der Waals surface area contributed by atoms with Gasteiger partial charge < -0.3 is 5.73 Å². The zero-order chi connectivity index (χ0) is 11.3. The molecule has 0 saturated carbocycles. The van der Waals surface area contributed by atoms with Gasteiger partial charge >= 0.3 is 0 Å². The summed E-state index contributed by atoms with van der Waals surface area (Å²) in [6, 6.07) is 7.35. The zero-order valence-electron chi connectivity index (χ0n) is 8.87. The van der Waals surface area contributed by atoms with E-state index in [0.717, 1.165) is 12.0 Å². The van der Waals surface area contributed by atoms with Gasteiger partial charge in [0.2, 0.25) is 0 Å². The highest BCUT2D eigenvalue weighted by molar-refractivity contribution is 6.30. The number of nitrogens with two attached hydrogens (primary N) is 1. The monoisotopic (exact) mass is 225 g/mol. The molecule has 0 aliphatic rings. The van der Waals surface area contributed by atoms with Gasteiger partial charge in [0.1, 0.15) is 5.78 Å². The van der Waals surface area contributed by atoms with Crippen molar-refractivity contribution in [3.8, 4) is 0 Å². The van der Waals surface area contributed by atoms with E-state index in [4.69, 9.17) is 17.3 Å². The third-order valence-corrected chi connectivity index (χ3v) is 2.54. The molecule has 0 amide bonds. The largest absolute Gasteiger partial charge is 0.327 e. The van der Waals surface area contributed by atoms with E-state index in [9.17, 15) is 4.79 Å². The molecule has 0 fully saturated rings. The van der Waals surface area contributed by atoms with Crippen LogP contribution in [0.5, 0.6) is 0 Å². The van der Waals surface area contributed by atoms with Crippen LogP contribution in [-0.2, 0) is 11.2 Å². The standard InChI is InChI=1S/C12H16ClNO/c1-2-11(14)8-12(15)7-9-4-3-5-10(13)6-9/h3-6,11H,2,7-8,14H2,1H3. The van der Waals surface area contributed by atoms with Crippen molar-refractivity contribution >= 4 is 17.4 Å². The van der Waals surface area contributed by atoms with Crippen LogP contribution in [0.25, 0.3) is 0 Å². The predicted octanol–water partition coefficient (Wildman–Crippen LogP) is 2.58. The molecule has 82 valence electrons. The summed E-state index contributed by atoms with van der Waals surface area (Å²) in [5.41, 5.74) is 6.66. The van der Waals surface area contributed by atoms with Gasteiger partial charge in [0, 0.05) is 23.9 Å². The molecule has 0 aromatic heterocycles. The van der Waals surface area contributed by atoms with Crippen molar-refractivity contribution in [3.63, 3.8) is 0 Å². The molecule has 0 bridgehead atoms. The van der Waals surface area contributed by atoms with Crippen LogP contribution >= 0.6 is 11.6 Å². The normalized spacial score (nSPS) is 12.5. The van der Waals surface area contributed by atoms with E-state index < -0.39 is 0 Å². The molecule has 0 saturated heterocycles. The first-order valence-corrected chi connectivity index (χ1v) is 5.51. The molecule has 3 heteroatoms. The molecule has 1 aromatic rings. The van der Waals surface area contributed by atoms with E-state index in [1.165, 1.54) is 0 Å². The maximum absolute atomic E-state index is 11.6. The molecule has 15 heavy (non-hydrogen) atoms. The number of Topliss-reactive ketones (excluding diaryl/α,β-unsaturated/α-hetero) is 1. The lowest BCUT2D eigenvalue weighted by atomic mass is 10.0.